The summed E-state index contributed by atoms with van der Waals surface area (Å²) in [4.78, 5) is 34.6. The van der Waals surface area contributed by atoms with E-state index in [0.717, 1.165) is 27.4 Å². The lowest BCUT2D eigenvalue weighted by Gasteiger charge is -2.23. The van der Waals surface area contributed by atoms with Crippen molar-refractivity contribution in [3.63, 3.8) is 0 Å². The van der Waals surface area contributed by atoms with Gasteiger partial charge >= 0.3 is 29.2 Å². The molecule has 3 unspecified atom stereocenters. The summed E-state index contributed by atoms with van der Waals surface area (Å²) in [5.41, 5.74) is -1.22. The molecular formula is C13H23N2O13P3. The molecule has 1 aliphatic rings. The lowest BCUT2D eigenvalue weighted by Crippen LogP contribution is -2.33. The molecule has 0 spiro atoms. The van der Waals surface area contributed by atoms with Gasteiger partial charge in [0.25, 0.3) is 5.56 Å². The quantitative estimate of drug-likeness (QED) is 0.412. The Hall–Kier alpha value is -0.950. The monoisotopic (exact) mass is 508 g/mol. The van der Waals surface area contributed by atoms with Gasteiger partial charge in [-0.2, -0.15) is 8.62 Å². The van der Waals surface area contributed by atoms with Crippen molar-refractivity contribution in [3.05, 3.63) is 33.1 Å². The lowest BCUT2D eigenvalue weighted by atomic mass is 10.1. The third-order valence-corrected chi connectivity index (χ3v) is 9.12. The number of aromatic nitrogens is 2. The van der Waals surface area contributed by atoms with Crippen molar-refractivity contribution in [1.82, 2.24) is 9.55 Å². The summed E-state index contributed by atoms with van der Waals surface area (Å²) in [6.07, 6.45) is 0.200. The maximum absolute atomic E-state index is 12.7. The molecule has 0 saturated carbocycles. The first-order valence-corrected chi connectivity index (χ1v) is 13.0. The number of nitrogens with one attached hydrogen (secondary N) is 1. The summed E-state index contributed by atoms with van der Waals surface area (Å²) >= 11 is 0. The maximum atomic E-state index is 12.7. The molecule has 178 valence electrons. The fraction of sp³-hybridized carbons (Fsp3) is 0.692. The first kappa shape index (κ1) is 26.3. The van der Waals surface area contributed by atoms with Crippen LogP contribution in [0.25, 0.3) is 0 Å². The van der Waals surface area contributed by atoms with E-state index in [2.05, 4.69) is 27.2 Å². The third kappa shape index (κ3) is 7.01. The largest absolute Gasteiger partial charge is 0.492 e. The van der Waals surface area contributed by atoms with Crippen molar-refractivity contribution >= 4 is 23.5 Å². The minimum atomic E-state index is -4.89. The Morgan fingerprint density at radius 2 is 1.77 bits per heavy atom. The van der Waals surface area contributed by atoms with Gasteiger partial charge in [0.15, 0.2) is 0 Å². The second-order valence-corrected chi connectivity index (χ2v) is 11.6. The van der Waals surface area contributed by atoms with Gasteiger partial charge in [-0.15, -0.1) is 0 Å². The minimum absolute atomic E-state index is 0.199. The number of hydrogen-bond donors (Lipinski definition) is 2. The summed E-state index contributed by atoms with van der Waals surface area (Å²) in [5.74, 6) is -0.199. The smallest absolute Gasteiger partial charge is 0.352 e. The predicted octanol–water partition coefficient (Wildman–Crippen LogP) is 1.77. The topological polar surface area (TPSA) is 191 Å². The predicted molar refractivity (Wildman–Crippen MR) is 103 cm³/mol. The summed E-state index contributed by atoms with van der Waals surface area (Å²) in [5, 5.41) is 0. The average molecular weight is 508 g/mol. The molecule has 2 rings (SSSR count). The molecule has 6 atom stereocenters. The minimum Gasteiger partial charge on any atom is -0.352 e. The molecule has 18 heteroatoms. The molecule has 0 radical (unpaired) electrons. The molecule has 1 saturated heterocycles. The van der Waals surface area contributed by atoms with Crippen LogP contribution in [0.2, 0.25) is 0 Å². The van der Waals surface area contributed by atoms with Crippen molar-refractivity contribution in [1.29, 1.82) is 0 Å². The van der Waals surface area contributed by atoms with Gasteiger partial charge in [0.2, 0.25) is 0 Å². The van der Waals surface area contributed by atoms with E-state index in [4.69, 9.17) is 9.26 Å². The van der Waals surface area contributed by atoms with Gasteiger partial charge in [0, 0.05) is 39.5 Å². The molecule has 0 aliphatic carbocycles. The van der Waals surface area contributed by atoms with Crippen molar-refractivity contribution in [2.24, 2.45) is 5.92 Å². The SMILES string of the molecule is COP(=O)(O)OP(=O)(OC)OP(=O)(OC)OC[C@@H]1C[C@H](C)[C@H](n2ccc(=O)[nH]c2=O)O1. The molecule has 0 amide bonds. The van der Waals surface area contributed by atoms with Gasteiger partial charge in [-0.25, -0.2) is 18.5 Å². The van der Waals surface area contributed by atoms with Crippen molar-refractivity contribution in [2.75, 3.05) is 27.9 Å². The molecule has 0 aromatic carbocycles. The van der Waals surface area contributed by atoms with Gasteiger partial charge in [-0.05, 0) is 6.42 Å². The third-order valence-electron chi connectivity index (χ3n) is 4.08. The van der Waals surface area contributed by atoms with E-state index in [0.29, 0.717) is 6.42 Å². The van der Waals surface area contributed by atoms with Crippen molar-refractivity contribution in [2.45, 2.75) is 25.7 Å². The Morgan fingerprint density at radius 3 is 2.32 bits per heavy atom. The van der Waals surface area contributed by atoms with E-state index in [-0.39, 0.29) is 5.92 Å². The zero-order valence-electron chi connectivity index (χ0n) is 16.9. The number of phosphoric ester groups is 2. The first-order chi connectivity index (χ1) is 14.4. The van der Waals surface area contributed by atoms with Gasteiger partial charge in [-0.3, -0.25) is 32.4 Å². The molecule has 1 fully saturated rings. The molecule has 31 heavy (non-hydrogen) atoms. The molecular weight excluding hydrogens is 485 g/mol. The standard InChI is InChI=1S/C13H23N2O13P3/c1-9-7-10(26-12(9)15-6-5-11(16)14-13(15)17)8-25-30(20,23-3)28-31(21,24-4)27-29(18,19)22-2/h5-6,9-10,12H,7-8H2,1-4H3,(H,18,19)(H,14,16,17)/t9-,10-,12+,30?,31?/m0/s1. The zero-order valence-corrected chi connectivity index (χ0v) is 19.6. The van der Waals surface area contributed by atoms with Crippen LogP contribution in [-0.4, -0.2) is 48.5 Å². The fourth-order valence-corrected chi connectivity index (χ4v) is 6.73. The van der Waals surface area contributed by atoms with Crippen molar-refractivity contribution < 1.29 is 50.0 Å². The Morgan fingerprint density at radius 1 is 1.13 bits per heavy atom. The van der Waals surface area contributed by atoms with E-state index < -0.39 is 53.7 Å². The normalized spacial score (nSPS) is 27.3. The maximum Gasteiger partial charge on any atom is 0.492 e. The van der Waals surface area contributed by atoms with Crippen LogP contribution in [0.15, 0.2) is 21.9 Å². The Kier molecular flexibility index (Phi) is 8.76. The number of rotatable bonds is 11. The van der Waals surface area contributed by atoms with Gasteiger partial charge in [0.05, 0.1) is 12.7 Å². The van der Waals surface area contributed by atoms with Gasteiger partial charge in [-0.1, -0.05) is 6.92 Å². The molecule has 2 N–H and O–H groups in total. The van der Waals surface area contributed by atoms with Crippen molar-refractivity contribution in [3.8, 4) is 0 Å². The van der Waals surface area contributed by atoms with Crippen LogP contribution in [0.5, 0.6) is 0 Å². The number of H-pyrrole nitrogens is 1. The van der Waals surface area contributed by atoms with E-state index in [9.17, 15) is 28.2 Å². The Bertz CT molecular complexity index is 1020. The molecule has 1 aromatic rings. The number of nitrogens with zero attached hydrogens (tertiary/aromatic N) is 1. The van der Waals surface area contributed by atoms with Crippen LogP contribution < -0.4 is 11.2 Å². The van der Waals surface area contributed by atoms with Crippen LogP contribution >= 0.6 is 23.5 Å². The van der Waals surface area contributed by atoms with E-state index >= 15 is 0 Å². The zero-order chi connectivity index (χ0) is 23.4. The van der Waals surface area contributed by atoms with Gasteiger partial charge < -0.3 is 9.63 Å². The highest BCUT2D eigenvalue weighted by Gasteiger charge is 2.45. The number of hydrogen-bond acceptors (Lipinski definition) is 12. The van der Waals surface area contributed by atoms with Gasteiger partial charge in [0.1, 0.15) is 6.23 Å². The fourth-order valence-electron chi connectivity index (χ4n) is 2.64. The Labute approximate surface area is 176 Å². The van der Waals surface area contributed by atoms with E-state index in [1.807, 2.05) is 0 Å². The van der Waals surface area contributed by atoms with Crippen LogP contribution in [0.4, 0.5) is 0 Å². The highest BCUT2D eigenvalue weighted by Crippen LogP contribution is 2.71. The summed E-state index contributed by atoms with van der Waals surface area (Å²) in [6, 6.07) is 1.16. The number of ether oxygens (including phenoxy) is 1. The second kappa shape index (κ2) is 10.3. The number of aromatic amines is 1. The molecule has 1 aliphatic heterocycles. The molecule has 15 nitrogen and oxygen atoms in total. The lowest BCUT2D eigenvalue weighted by molar-refractivity contribution is -0.0339. The first-order valence-electron chi connectivity index (χ1n) is 8.60. The number of phosphoric acid groups is 3. The second-order valence-electron chi connectivity index (χ2n) is 6.25. The van der Waals surface area contributed by atoms with Crippen LogP contribution in [0.3, 0.4) is 0 Å². The highest BCUT2D eigenvalue weighted by molar-refractivity contribution is 7.67. The highest BCUT2D eigenvalue weighted by atomic mass is 31.3. The van der Waals surface area contributed by atoms with Crippen LogP contribution in [0.1, 0.15) is 19.6 Å². The van der Waals surface area contributed by atoms with Crippen LogP contribution in [-0.2, 0) is 45.1 Å². The summed E-state index contributed by atoms with van der Waals surface area (Å²) in [7, 11) is -11.8. The summed E-state index contributed by atoms with van der Waals surface area (Å²) in [6.45, 7) is 1.39. The summed E-state index contributed by atoms with van der Waals surface area (Å²) < 4.78 is 70.6. The average Bonchev–Trinajstić information content (AvgIpc) is 3.06. The van der Waals surface area contributed by atoms with E-state index in [1.54, 1.807) is 6.92 Å². The Balaban J connectivity index is 2.07. The van der Waals surface area contributed by atoms with E-state index in [1.165, 1.54) is 10.8 Å². The molecule has 1 aromatic heterocycles. The molecule has 0 bridgehead atoms. The van der Waals surface area contributed by atoms with Crippen LogP contribution in [0, 0.1) is 5.92 Å². The molecule has 2 heterocycles.